The fourth-order valence-corrected chi connectivity index (χ4v) is 0.839. The molecule has 0 fully saturated rings. The average Bonchev–Trinajstić information content (AvgIpc) is 2.11. The molecule has 0 rings (SSSR count). The molecular formula is C9H16O3. The summed E-state index contributed by atoms with van der Waals surface area (Å²) in [4.78, 5) is 10.8. The van der Waals surface area contributed by atoms with E-state index in [1.165, 1.54) is 7.11 Å². The number of rotatable bonds is 5. The first kappa shape index (κ1) is 11.2. The first-order valence-corrected chi connectivity index (χ1v) is 4.08. The van der Waals surface area contributed by atoms with E-state index in [-0.39, 0.29) is 5.57 Å². The molecule has 12 heavy (non-hydrogen) atoms. The molecule has 0 aromatic rings. The molecule has 0 aromatic heterocycles. The standard InChI is InChI=1S/C9H16O3/c1-4-5-6-8(10)7(2)9(11)12-3/h8,10H,2,4-6H2,1,3H3/t8-/m0/s1. The molecule has 3 nitrogen and oxygen atoms in total. The summed E-state index contributed by atoms with van der Waals surface area (Å²) in [7, 11) is 1.28. The Morgan fingerprint density at radius 1 is 1.67 bits per heavy atom. The highest BCUT2D eigenvalue weighted by Gasteiger charge is 2.15. The number of unbranched alkanes of at least 4 members (excludes halogenated alkanes) is 1. The third-order valence-electron chi connectivity index (χ3n) is 1.68. The first-order valence-electron chi connectivity index (χ1n) is 4.08. The molecule has 0 aliphatic rings. The Hall–Kier alpha value is -0.830. The van der Waals surface area contributed by atoms with Crippen molar-refractivity contribution in [1.82, 2.24) is 0 Å². The van der Waals surface area contributed by atoms with E-state index < -0.39 is 12.1 Å². The van der Waals surface area contributed by atoms with Crippen molar-refractivity contribution in [2.45, 2.75) is 32.3 Å². The largest absolute Gasteiger partial charge is 0.466 e. The van der Waals surface area contributed by atoms with Gasteiger partial charge < -0.3 is 9.84 Å². The van der Waals surface area contributed by atoms with Crippen molar-refractivity contribution >= 4 is 5.97 Å². The van der Waals surface area contributed by atoms with Gasteiger partial charge in [-0.1, -0.05) is 26.3 Å². The molecule has 70 valence electrons. The summed E-state index contributed by atoms with van der Waals surface area (Å²) >= 11 is 0. The molecule has 0 aliphatic heterocycles. The van der Waals surface area contributed by atoms with Gasteiger partial charge in [0.15, 0.2) is 0 Å². The van der Waals surface area contributed by atoms with Crippen molar-refractivity contribution in [1.29, 1.82) is 0 Å². The molecule has 0 aliphatic carbocycles. The van der Waals surface area contributed by atoms with E-state index in [1.807, 2.05) is 6.92 Å². The van der Waals surface area contributed by atoms with Gasteiger partial charge in [-0.25, -0.2) is 4.79 Å². The second-order valence-electron chi connectivity index (χ2n) is 2.67. The van der Waals surface area contributed by atoms with Crippen molar-refractivity contribution in [3.63, 3.8) is 0 Å². The van der Waals surface area contributed by atoms with Gasteiger partial charge in [0, 0.05) is 0 Å². The number of methoxy groups -OCH3 is 1. The molecule has 0 saturated carbocycles. The van der Waals surface area contributed by atoms with Gasteiger partial charge in [-0.15, -0.1) is 0 Å². The van der Waals surface area contributed by atoms with Gasteiger partial charge in [0.25, 0.3) is 0 Å². The van der Waals surface area contributed by atoms with Crippen LogP contribution < -0.4 is 0 Å². The third kappa shape index (κ3) is 3.53. The molecule has 0 heterocycles. The molecule has 0 spiro atoms. The van der Waals surface area contributed by atoms with Crippen molar-refractivity contribution in [3.8, 4) is 0 Å². The highest BCUT2D eigenvalue weighted by Crippen LogP contribution is 2.09. The zero-order valence-electron chi connectivity index (χ0n) is 7.67. The van der Waals surface area contributed by atoms with Gasteiger partial charge >= 0.3 is 5.97 Å². The van der Waals surface area contributed by atoms with Crippen LogP contribution in [0, 0.1) is 0 Å². The molecule has 1 N–H and O–H groups in total. The van der Waals surface area contributed by atoms with Gasteiger partial charge in [-0.05, 0) is 6.42 Å². The number of carbonyl (C=O) groups is 1. The molecule has 1 atom stereocenters. The smallest absolute Gasteiger partial charge is 0.335 e. The summed E-state index contributed by atoms with van der Waals surface area (Å²) in [6.07, 6.45) is 1.70. The van der Waals surface area contributed by atoms with E-state index in [4.69, 9.17) is 0 Å². The van der Waals surface area contributed by atoms with E-state index >= 15 is 0 Å². The maximum Gasteiger partial charge on any atom is 0.335 e. The molecule has 0 aromatic carbocycles. The Balaban J connectivity index is 3.84. The lowest BCUT2D eigenvalue weighted by Crippen LogP contribution is -2.18. The van der Waals surface area contributed by atoms with Gasteiger partial charge in [0.1, 0.15) is 0 Å². The molecular weight excluding hydrogens is 156 g/mol. The first-order chi connectivity index (χ1) is 5.63. The van der Waals surface area contributed by atoms with Crippen LogP contribution in [0.4, 0.5) is 0 Å². The van der Waals surface area contributed by atoms with Crippen LogP contribution in [-0.2, 0) is 9.53 Å². The monoisotopic (exact) mass is 172 g/mol. The Morgan fingerprint density at radius 3 is 2.67 bits per heavy atom. The third-order valence-corrected chi connectivity index (χ3v) is 1.68. The summed E-state index contributed by atoms with van der Waals surface area (Å²) in [5, 5.41) is 9.35. The summed E-state index contributed by atoms with van der Waals surface area (Å²) in [5.41, 5.74) is 0.144. The average molecular weight is 172 g/mol. The van der Waals surface area contributed by atoms with E-state index in [0.717, 1.165) is 12.8 Å². The summed E-state index contributed by atoms with van der Waals surface area (Å²) in [5.74, 6) is -0.529. The number of hydrogen-bond acceptors (Lipinski definition) is 3. The Labute approximate surface area is 73.0 Å². The maximum absolute atomic E-state index is 10.8. The second kappa shape index (κ2) is 5.77. The molecule has 0 radical (unpaired) electrons. The minimum atomic E-state index is -0.752. The van der Waals surface area contributed by atoms with Crippen molar-refractivity contribution in [2.75, 3.05) is 7.11 Å². The van der Waals surface area contributed by atoms with E-state index in [0.29, 0.717) is 6.42 Å². The van der Waals surface area contributed by atoms with Crippen LogP contribution in [0.15, 0.2) is 12.2 Å². The van der Waals surface area contributed by atoms with Crippen molar-refractivity contribution in [3.05, 3.63) is 12.2 Å². The number of ether oxygens (including phenoxy) is 1. The summed E-state index contributed by atoms with van der Waals surface area (Å²) in [6.45, 7) is 5.48. The number of aliphatic hydroxyl groups excluding tert-OH is 1. The van der Waals surface area contributed by atoms with Gasteiger partial charge in [-0.3, -0.25) is 0 Å². The number of aliphatic hydroxyl groups is 1. The molecule has 3 heteroatoms. The lowest BCUT2D eigenvalue weighted by Gasteiger charge is -2.10. The van der Waals surface area contributed by atoms with Crippen LogP contribution in [0.3, 0.4) is 0 Å². The van der Waals surface area contributed by atoms with Crippen LogP contribution in [0.2, 0.25) is 0 Å². The Morgan fingerprint density at radius 2 is 2.25 bits per heavy atom. The Bertz CT molecular complexity index is 163. The van der Waals surface area contributed by atoms with Crippen LogP contribution >= 0.6 is 0 Å². The maximum atomic E-state index is 10.8. The fourth-order valence-electron chi connectivity index (χ4n) is 0.839. The van der Waals surface area contributed by atoms with Gasteiger partial charge in [0.05, 0.1) is 18.8 Å². The lowest BCUT2D eigenvalue weighted by molar-refractivity contribution is -0.137. The topological polar surface area (TPSA) is 46.5 Å². The van der Waals surface area contributed by atoms with E-state index in [2.05, 4.69) is 11.3 Å². The molecule has 0 amide bonds. The highest BCUT2D eigenvalue weighted by molar-refractivity contribution is 5.88. The number of hydrogen-bond donors (Lipinski definition) is 1. The highest BCUT2D eigenvalue weighted by atomic mass is 16.5. The fraction of sp³-hybridized carbons (Fsp3) is 0.667. The minimum absolute atomic E-state index is 0.144. The van der Waals surface area contributed by atoms with Crippen LogP contribution in [0.25, 0.3) is 0 Å². The van der Waals surface area contributed by atoms with Crippen LogP contribution in [0.5, 0.6) is 0 Å². The zero-order chi connectivity index (χ0) is 9.56. The number of esters is 1. The summed E-state index contributed by atoms with van der Waals surface area (Å²) in [6, 6.07) is 0. The molecule has 0 unspecified atom stereocenters. The molecule has 0 saturated heterocycles. The zero-order valence-corrected chi connectivity index (χ0v) is 7.67. The minimum Gasteiger partial charge on any atom is -0.466 e. The van der Waals surface area contributed by atoms with Crippen LogP contribution in [0.1, 0.15) is 26.2 Å². The predicted octanol–water partition coefficient (Wildman–Crippen LogP) is 1.27. The van der Waals surface area contributed by atoms with Gasteiger partial charge in [-0.2, -0.15) is 0 Å². The van der Waals surface area contributed by atoms with E-state index in [1.54, 1.807) is 0 Å². The van der Waals surface area contributed by atoms with Crippen molar-refractivity contribution < 1.29 is 14.6 Å². The second-order valence-corrected chi connectivity index (χ2v) is 2.67. The van der Waals surface area contributed by atoms with Gasteiger partial charge in [0.2, 0.25) is 0 Å². The number of carbonyl (C=O) groups excluding carboxylic acids is 1. The van der Waals surface area contributed by atoms with Crippen LogP contribution in [-0.4, -0.2) is 24.3 Å². The predicted molar refractivity (Wildman–Crippen MR) is 46.7 cm³/mol. The van der Waals surface area contributed by atoms with E-state index in [9.17, 15) is 9.90 Å². The van der Waals surface area contributed by atoms with Crippen molar-refractivity contribution in [2.24, 2.45) is 0 Å². The summed E-state index contributed by atoms with van der Waals surface area (Å²) < 4.78 is 4.41. The molecule has 0 bridgehead atoms. The Kier molecular flexibility index (Phi) is 5.37. The normalized spacial score (nSPS) is 12.2. The lowest BCUT2D eigenvalue weighted by atomic mass is 10.1. The SMILES string of the molecule is C=C(C(=O)OC)[C@@H](O)CCCC. The quantitative estimate of drug-likeness (QED) is 0.501.